The molecule has 3 amide bonds. The van der Waals surface area contributed by atoms with Gasteiger partial charge in [-0.05, 0) is 76.8 Å². The predicted octanol–water partition coefficient (Wildman–Crippen LogP) is 4.69. The largest absolute Gasteiger partial charge is 0.460 e. The van der Waals surface area contributed by atoms with Crippen molar-refractivity contribution in [2.24, 2.45) is 17.3 Å². The Kier molecular flexibility index (Phi) is 9.62. The molecule has 1 N–H and O–H groups in total. The number of nitrogens with zero attached hydrogens (tertiary/aromatic N) is 2. The van der Waals surface area contributed by atoms with E-state index in [1.807, 2.05) is 0 Å². The number of nitrogens with one attached hydrogen (secondary N) is 1. The van der Waals surface area contributed by atoms with Crippen molar-refractivity contribution < 1.29 is 49.0 Å². The van der Waals surface area contributed by atoms with Crippen LogP contribution in [0.4, 0.5) is 9.18 Å². The fraction of sp³-hybridized carbons (Fsp3) is 0.649. The lowest BCUT2D eigenvalue weighted by atomic mass is 9.90. The van der Waals surface area contributed by atoms with Gasteiger partial charge >= 0.3 is 12.1 Å². The van der Waals surface area contributed by atoms with Gasteiger partial charge in [0.25, 0.3) is 0 Å². The van der Waals surface area contributed by atoms with Crippen LogP contribution in [0.2, 0.25) is 0 Å². The van der Waals surface area contributed by atoms with Crippen LogP contribution in [0, 0.1) is 23.1 Å². The molecular weight excluding hydrogens is 681 g/mol. The Morgan fingerprint density at radius 3 is 2.57 bits per heavy atom. The summed E-state index contributed by atoms with van der Waals surface area (Å²) in [5, 5.41) is -0.692. The van der Waals surface area contributed by atoms with Gasteiger partial charge in [0.05, 0.1) is 36.2 Å². The second-order valence-corrected chi connectivity index (χ2v) is 17.5. The molecule has 12 nitrogen and oxygen atoms in total. The summed E-state index contributed by atoms with van der Waals surface area (Å²) in [7, 11) is -3.97. The van der Waals surface area contributed by atoms with Crippen LogP contribution in [-0.4, -0.2) is 77.4 Å². The van der Waals surface area contributed by atoms with E-state index in [1.54, 1.807) is 39.0 Å². The number of amides is 3. The Hall–Kier alpha value is -3.81. The van der Waals surface area contributed by atoms with E-state index >= 15 is 0 Å². The molecule has 0 unspecified atom stereocenters. The number of Topliss-reactive ketones (excluding diaryl/α,β-unsaturated/α-hetero) is 1. The molecule has 51 heavy (non-hydrogen) atoms. The van der Waals surface area contributed by atoms with E-state index in [2.05, 4.69) is 4.72 Å². The van der Waals surface area contributed by atoms with E-state index < -0.39 is 98.5 Å². The third-order valence-corrected chi connectivity index (χ3v) is 12.2. The Morgan fingerprint density at radius 2 is 1.86 bits per heavy atom. The first-order chi connectivity index (χ1) is 24.8. The van der Waals surface area contributed by atoms with Crippen LogP contribution in [-0.2, 0) is 51.8 Å². The first kappa shape index (κ1) is 34.3. The van der Waals surface area contributed by atoms with Gasteiger partial charge < -0.3 is 14.4 Å². The van der Waals surface area contributed by atoms with Crippen LogP contribution in [0.1, 0.15) is 105 Å². The summed E-state index contributed by atoms with van der Waals surface area (Å²) < 4.78 is 70.6. The molecule has 3 heterocycles. The maximum absolute atomic E-state index is 14.4. The van der Waals surface area contributed by atoms with Crippen LogP contribution < -0.4 is 4.72 Å². The molecule has 278 valence electrons. The minimum Gasteiger partial charge on any atom is -0.460 e. The molecule has 6 rings (SSSR count). The van der Waals surface area contributed by atoms with Gasteiger partial charge in [0.1, 0.15) is 17.5 Å². The zero-order valence-corrected chi connectivity index (χ0v) is 30.1. The highest BCUT2D eigenvalue weighted by Gasteiger charge is 2.61. The predicted molar refractivity (Wildman–Crippen MR) is 182 cm³/mol. The number of benzene rings is 1. The number of allylic oxidation sites excluding steroid dienone is 2. The third-order valence-electron chi connectivity index (χ3n) is 10.4. The molecular formula is C37H48FN3O9S. The molecule has 1 aromatic rings. The molecule has 0 spiro atoms. The van der Waals surface area contributed by atoms with Gasteiger partial charge in [-0.2, -0.15) is 0 Å². The highest BCUT2D eigenvalue weighted by Crippen LogP contribution is 2.57. The van der Waals surface area contributed by atoms with Crippen LogP contribution in [0.15, 0.2) is 30.4 Å². The zero-order chi connectivity index (χ0) is 38.5. The maximum Gasteiger partial charge on any atom is 0.410 e. The van der Waals surface area contributed by atoms with E-state index in [0.717, 1.165) is 0 Å². The summed E-state index contributed by atoms with van der Waals surface area (Å²) in [6.07, 6.45) is 0.562. The average Bonchev–Trinajstić information content (AvgIpc) is 3.94. The smallest absolute Gasteiger partial charge is 0.410 e. The summed E-state index contributed by atoms with van der Waals surface area (Å²) in [4.78, 5) is 71.5. The molecule has 2 aliphatic carbocycles. The van der Waals surface area contributed by atoms with E-state index in [1.165, 1.54) is 21.9 Å². The molecule has 5 atom stereocenters. The van der Waals surface area contributed by atoms with Gasteiger partial charge in [0.15, 0.2) is 5.78 Å². The van der Waals surface area contributed by atoms with Crippen molar-refractivity contribution in [1.82, 2.24) is 14.5 Å². The first-order valence-corrected chi connectivity index (χ1v) is 19.3. The SMILES string of the molecule is [2H]C1([2H])/C=C\[C@@H]2C[C@@]2(C(=O)NS(=O)(=O)C2CC2)CC(=O)[C@@H]2C[C@@H](OC(=O)N3Cc4cccc(F)c4C3)CN2C(=O)[C@@H](CC(=O)OC(C)(C)C)CCCC1. The van der Waals surface area contributed by atoms with Gasteiger partial charge in [-0.15, -0.1) is 0 Å². The fourth-order valence-electron chi connectivity index (χ4n) is 7.43. The monoisotopic (exact) mass is 731 g/mol. The number of sulfonamides is 1. The third kappa shape index (κ3) is 8.47. The van der Waals surface area contributed by atoms with Gasteiger partial charge in [0.2, 0.25) is 21.8 Å². The van der Waals surface area contributed by atoms with Crippen molar-refractivity contribution in [3.63, 3.8) is 0 Å². The standard InChI is InChI=1S/C37H48FN3O9S/c1-36(2,3)50-32(43)16-23-10-7-5-4-6-8-12-25-18-37(25,34(45)39-51(47,48)27-14-15-27)19-31(42)30-17-26(21-41(30)33(23)44)49-35(46)40-20-24-11-9-13-29(38)28(24)22-40/h8-9,11-13,23,25-27,30H,4-7,10,14-22H2,1-3H3,(H,39,45)/b12-8-/t23-,25-,26-,30+,37-/m1/s1/i6D2. The summed E-state index contributed by atoms with van der Waals surface area (Å²) in [5.74, 6) is -4.56. The van der Waals surface area contributed by atoms with Gasteiger partial charge in [-0.3, -0.25) is 28.8 Å². The number of ether oxygens (including phenoxy) is 2. The van der Waals surface area contributed by atoms with E-state index in [9.17, 15) is 36.8 Å². The summed E-state index contributed by atoms with van der Waals surface area (Å²) in [6.45, 7) is 5.04. The number of fused-ring (bicyclic) bond motifs is 3. The molecule has 3 fully saturated rings. The van der Waals surface area contributed by atoms with E-state index in [-0.39, 0.29) is 51.7 Å². The van der Waals surface area contributed by atoms with Crippen molar-refractivity contribution in [3.05, 3.63) is 47.3 Å². The molecule has 1 aromatic carbocycles. The topological polar surface area (TPSA) is 156 Å². The Bertz CT molecular complexity index is 1810. The van der Waals surface area contributed by atoms with Gasteiger partial charge in [-0.1, -0.05) is 37.1 Å². The molecule has 0 bridgehead atoms. The average molecular weight is 732 g/mol. The number of rotatable bonds is 6. The number of carbonyl (C=O) groups is 5. The molecule has 3 aliphatic heterocycles. The highest BCUT2D eigenvalue weighted by atomic mass is 32.2. The lowest BCUT2D eigenvalue weighted by molar-refractivity contribution is -0.159. The molecule has 1 saturated heterocycles. The first-order valence-electron chi connectivity index (χ1n) is 18.8. The second kappa shape index (κ2) is 14.3. The molecule has 14 heteroatoms. The molecule has 0 radical (unpaired) electrons. The minimum absolute atomic E-state index is 0.00917. The Labute approximate surface area is 301 Å². The summed E-state index contributed by atoms with van der Waals surface area (Å²) >= 11 is 0. The Balaban J connectivity index is 1.28. The van der Waals surface area contributed by atoms with E-state index in [0.29, 0.717) is 36.8 Å². The number of esters is 1. The summed E-state index contributed by atoms with van der Waals surface area (Å²) in [6, 6.07) is 3.42. The number of ketones is 1. The normalized spacial score (nSPS) is 30.7. The van der Waals surface area contributed by atoms with Crippen molar-refractivity contribution in [2.45, 2.75) is 127 Å². The lowest BCUT2D eigenvalue weighted by Crippen LogP contribution is -2.46. The zero-order valence-electron chi connectivity index (χ0n) is 31.3. The second-order valence-electron chi connectivity index (χ2n) is 15.6. The van der Waals surface area contributed by atoms with Gasteiger partial charge in [-0.25, -0.2) is 17.6 Å². The van der Waals surface area contributed by atoms with Crippen molar-refractivity contribution >= 4 is 39.7 Å². The van der Waals surface area contributed by atoms with Crippen LogP contribution in [0.25, 0.3) is 0 Å². The number of carbonyl (C=O) groups excluding carboxylic acids is 5. The van der Waals surface area contributed by atoms with E-state index in [4.69, 9.17) is 12.2 Å². The summed E-state index contributed by atoms with van der Waals surface area (Å²) in [5.41, 5.74) is -1.29. The fourth-order valence-corrected chi connectivity index (χ4v) is 8.81. The number of halogens is 1. The van der Waals surface area contributed by atoms with Crippen molar-refractivity contribution in [3.8, 4) is 0 Å². The number of hydrogen-bond acceptors (Lipinski definition) is 9. The van der Waals surface area contributed by atoms with Crippen LogP contribution >= 0.6 is 0 Å². The van der Waals surface area contributed by atoms with Gasteiger partial charge in [0, 0.05) is 33.6 Å². The molecule has 0 aromatic heterocycles. The number of hydrogen-bond donors (Lipinski definition) is 1. The van der Waals surface area contributed by atoms with Crippen molar-refractivity contribution in [1.29, 1.82) is 0 Å². The molecule has 5 aliphatic rings. The van der Waals surface area contributed by atoms with Crippen molar-refractivity contribution in [2.75, 3.05) is 6.54 Å². The maximum atomic E-state index is 14.4. The quantitative estimate of drug-likeness (QED) is 0.324. The Morgan fingerprint density at radius 1 is 1.10 bits per heavy atom. The lowest BCUT2D eigenvalue weighted by Gasteiger charge is -2.29. The molecule has 2 saturated carbocycles. The van der Waals surface area contributed by atoms with Crippen LogP contribution in [0.5, 0.6) is 0 Å². The van der Waals surface area contributed by atoms with Crippen LogP contribution in [0.3, 0.4) is 0 Å². The minimum atomic E-state index is -3.97. The highest BCUT2D eigenvalue weighted by molar-refractivity contribution is 7.90.